The number of fused-ring (bicyclic) bond motifs is 3. The van der Waals surface area contributed by atoms with Crippen molar-refractivity contribution in [1.29, 1.82) is 0 Å². The number of benzene rings is 2. The van der Waals surface area contributed by atoms with E-state index in [2.05, 4.69) is 10.6 Å². The Bertz CT molecular complexity index is 940. The van der Waals surface area contributed by atoms with Crippen molar-refractivity contribution in [3.8, 4) is 11.1 Å². The first kappa shape index (κ1) is 21.1. The lowest BCUT2D eigenvalue weighted by Crippen LogP contribution is -2.36. The lowest BCUT2D eigenvalue weighted by Gasteiger charge is -2.15. The van der Waals surface area contributed by atoms with Crippen molar-refractivity contribution in [1.82, 2.24) is 10.6 Å². The number of alkyl carbamates (subject to hydrolysis) is 1. The van der Waals surface area contributed by atoms with Crippen LogP contribution in [0.4, 0.5) is 4.79 Å². The Hall–Kier alpha value is -3.65. The Labute approximate surface area is 173 Å². The van der Waals surface area contributed by atoms with Gasteiger partial charge in [-0.3, -0.25) is 10.1 Å². The summed E-state index contributed by atoms with van der Waals surface area (Å²) in [7, 11) is 0. The molecule has 0 heterocycles. The maximum absolute atomic E-state index is 12.3. The van der Waals surface area contributed by atoms with Crippen LogP contribution >= 0.6 is 0 Å². The Morgan fingerprint density at radius 1 is 1.03 bits per heavy atom. The van der Waals surface area contributed by atoms with Crippen molar-refractivity contribution in [3.05, 3.63) is 71.4 Å². The third-order valence-electron chi connectivity index (χ3n) is 4.67. The van der Waals surface area contributed by atoms with Crippen LogP contribution < -0.4 is 10.6 Å². The van der Waals surface area contributed by atoms with E-state index in [0.29, 0.717) is 0 Å². The first-order valence-corrected chi connectivity index (χ1v) is 9.37. The molecule has 8 heteroatoms. The quantitative estimate of drug-likeness (QED) is 0.350. The Morgan fingerprint density at radius 3 is 2.20 bits per heavy atom. The van der Waals surface area contributed by atoms with E-state index in [9.17, 15) is 14.4 Å². The molecule has 3 N–H and O–H groups in total. The fourth-order valence-electron chi connectivity index (χ4n) is 3.35. The standard InChI is InChI=1S/C22H22N2O6/c1-2-19(21(27)23-13-29-12-20(25)26)24-22(28)30-11-18-16-9-5-3-7-14(16)15-8-4-6-10-17(15)18/h2-10,18H,11-13H2,1H3,(H,23,27)(H,24,28)(H,25,26)/b19-2+. The van der Waals surface area contributed by atoms with E-state index in [1.807, 2.05) is 48.5 Å². The molecule has 30 heavy (non-hydrogen) atoms. The van der Waals surface area contributed by atoms with Crippen LogP contribution in [0.1, 0.15) is 24.0 Å². The lowest BCUT2D eigenvalue weighted by atomic mass is 9.98. The normalized spacial score (nSPS) is 12.6. The molecule has 1 aliphatic carbocycles. The number of carbonyl (C=O) groups excluding carboxylic acids is 2. The fourth-order valence-corrected chi connectivity index (χ4v) is 3.35. The van der Waals surface area contributed by atoms with Crippen molar-refractivity contribution in [2.24, 2.45) is 0 Å². The van der Waals surface area contributed by atoms with Crippen LogP contribution in [0.25, 0.3) is 11.1 Å². The molecule has 0 unspecified atom stereocenters. The minimum Gasteiger partial charge on any atom is -0.480 e. The van der Waals surface area contributed by atoms with Crippen LogP contribution in [-0.4, -0.2) is 43.0 Å². The molecule has 2 aromatic rings. The number of rotatable bonds is 8. The molecule has 2 amide bonds. The zero-order valence-corrected chi connectivity index (χ0v) is 16.4. The van der Waals surface area contributed by atoms with Crippen molar-refractivity contribution >= 4 is 18.0 Å². The van der Waals surface area contributed by atoms with Gasteiger partial charge in [-0.2, -0.15) is 0 Å². The summed E-state index contributed by atoms with van der Waals surface area (Å²) in [6, 6.07) is 16.0. The van der Waals surface area contributed by atoms with Crippen LogP contribution in [-0.2, 0) is 19.1 Å². The number of allylic oxidation sites excluding steroid dienone is 1. The van der Waals surface area contributed by atoms with Gasteiger partial charge in [0.25, 0.3) is 5.91 Å². The van der Waals surface area contributed by atoms with Gasteiger partial charge in [0.05, 0.1) is 0 Å². The molecule has 2 aromatic carbocycles. The van der Waals surface area contributed by atoms with E-state index in [4.69, 9.17) is 14.6 Å². The summed E-state index contributed by atoms with van der Waals surface area (Å²) in [5.41, 5.74) is 4.40. The van der Waals surface area contributed by atoms with Crippen LogP contribution in [0.15, 0.2) is 60.3 Å². The highest BCUT2D eigenvalue weighted by Gasteiger charge is 2.29. The van der Waals surface area contributed by atoms with E-state index in [1.165, 1.54) is 6.08 Å². The maximum Gasteiger partial charge on any atom is 0.411 e. The minimum atomic E-state index is -1.15. The van der Waals surface area contributed by atoms with Gasteiger partial charge in [-0.05, 0) is 29.2 Å². The molecule has 0 atom stereocenters. The predicted octanol–water partition coefficient (Wildman–Crippen LogP) is 2.60. The van der Waals surface area contributed by atoms with Crippen molar-refractivity contribution in [2.45, 2.75) is 12.8 Å². The smallest absolute Gasteiger partial charge is 0.411 e. The van der Waals surface area contributed by atoms with Crippen molar-refractivity contribution < 1.29 is 29.0 Å². The van der Waals surface area contributed by atoms with E-state index < -0.39 is 24.6 Å². The number of amides is 2. The molecule has 1 aliphatic rings. The Morgan fingerprint density at radius 2 is 1.63 bits per heavy atom. The molecule has 3 rings (SSSR count). The highest BCUT2D eigenvalue weighted by Crippen LogP contribution is 2.44. The number of aliphatic carboxylic acids is 1. The topological polar surface area (TPSA) is 114 Å². The predicted molar refractivity (Wildman–Crippen MR) is 109 cm³/mol. The van der Waals surface area contributed by atoms with Gasteiger partial charge in [-0.15, -0.1) is 0 Å². The summed E-state index contributed by atoms with van der Waals surface area (Å²) in [6.07, 6.45) is 0.653. The van der Waals surface area contributed by atoms with E-state index in [-0.39, 0.29) is 25.0 Å². The van der Waals surface area contributed by atoms with Gasteiger partial charge < -0.3 is 19.9 Å². The average Bonchev–Trinajstić information content (AvgIpc) is 3.07. The van der Waals surface area contributed by atoms with Gasteiger partial charge in [-0.25, -0.2) is 9.59 Å². The molecule has 0 saturated carbocycles. The zero-order chi connectivity index (χ0) is 21.5. The number of carbonyl (C=O) groups is 3. The first-order valence-electron chi connectivity index (χ1n) is 9.37. The monoisotopic (exact) mass is 410 g/mol. The molecule has 0 aliphatic heterocycles. The molecule has 0 radical (unpaired) electrons. The van der Waals surface area contributed by atoms with Gasteiger partial charge in [0, 0.05) is 5.92 Å². The number of hydrogen-bond donors (Lipinski definition) is 3. The molecule has 0 aromatic heterocycles. The second-order valence-electron chi connectivity index (χ2n) is 6.55. The van der Waals surface area contributed by atoms with Crippen molar-refractivity contribution in [3.63, 3.8) is 0 Å². The molecule has 0 spiro atoms. The van der Waals surface area contributed by atoms with E-state index in [1.54, 1.807) is 6.92 Å². The molecule has 0 bridgehead atoms. The van der Waals surface area contributed by atoms with E-state index >= 15 is 0 Å². The third-order valence-corrected chi connectivity index (χ3v) is 4.67. The highest BCUT2D eigenvalue weighted by molar-refractivity contribution is 5.96. The molecule has 0 saturated heterocycles. The summed E-state index contributed by atoms with van der Waals surface area (Å²) in [5.74, 6) is -1.85. The van der Waals surface area contributed by atoms with Gasteiger partial charge in [0.2, 0.25) is 0 Å². The number of carboxylic acid groups (broad SMARTS) is 1. The average molecular weight is 410 g/mol. The van der Waals surface area contributed by atoms with Gasteiger partial charge in [-0.1, -0.05) is 54.6 Å². The Balaban J connectivity index is 1.56. The zero-order valence-electron chi connectivity index (χ0n) is 16.4. The minimum absolute atomic E-state index is 0.0221. The second kappa shape index (κ2) is 9.71. The second-order valence-corrected chi connectivity index (χ2v) is 6.55. The van der Waals surface area contributed by atoms with Crippen LogP contribution in [0.2, 0.25) is 0 Å². The van der Waals surface area contributed by atoms with Gasteiger partial charge in [0.1, 0.15) is 25.6 Å². The number of nitrogens with one attached hydrogen (secondary N) is 2. The third kappa shape index (κ3) is 4.84. The summed E-state index contributed by atoms with van der Waals surface area (Å²) in [6.45, 7) is 0.872. The summed E-state index contributed by atoms with van der Waals surface area (Å²) >= 11 is 0. The SMILES string of the molecule is C/C=C(/NC(=O)OCC1c2ccccc2-c2ccccc21)C(=O)NCOCC(=O)O. The van der Waals surface area contributed by atoms with Crippen LogP contribution in [0.5, 0.6) is 0 Å². The molecule has 0 fully saturated rings. The van der Waals surface area contributed by atoms with Gasteiger partial charge in [0.15, 0.2) is 0 Å². The molecular weight excluding hydrogens is 388 g/mol. The maximum atomic E-state index is 12.3. The first-order chi connectivity index (χ1) is 14.5. The molecular formula is C22H22N2O6. The summed E-state index contributed by atoms with van der Waals surface area (Å²) in [4.78, 5) is 34.7. The highest BCUT2D eigenvalue weighted by atomic mass is 16.5. The molecule has 156 valence electrons. The Kier molecular flexibility index (Phi) is 6.82. The summed E-state index contributed by atoms with van der Waals surface area (Å²) < 4.78 is 10.1. The molecule has 8 nitrogen and oxygen atoms in total. The van der Waals surface area contributed by atoms with Crippen molar-refractivity contribution in [2.75, 3.05) is 19.9 Å². The number of hydrogen-bond acceptors (Lipinski definition) is 5. The summed E-state index contributed by atoms with van der Waals surface area (Å²) in [5, 5.41) is 13.3. The largest absolute Gasteiger partial charge is 0.480 e. The van der Waals surface area contributed by atoms with Crippen LogP contribution in [0, 0.1) is 0 Å². The lowest BCUT2D eigenvalue weighted by molar-refractivity contribution is -0.143. The van der Waals surface area contributed by atoms with Crippen LogP contribution in [0.3, 0.4) is 0 Å². The number of ether oxygens (including phenoxy) is 2. The number of carboxylic acids is 1. The van der Waals surface area contributed by atoms with E-state index in [0.717, 1.165) is 22.3 Å². The fraction of sp³-hybridized carbons (Fsp3) is 0.227. The van der Waals surface area contributed by atoms with Gasteiger partial charge >= 0.3 is 12.1 Å².